The Bertz CT molecular complexity index is 929. The zero-order valence-electron chi connectivity index (χ0n) is 19.0. The largest absolute Gasteiger partial charge is 0.400 e. The molecule has 1 aromatic carbocycles. The van der Waals surface area contributed by atoms with Crippen LogP contribution in [0, 0.1) is 12.3 Å². The maximum atomic E-state index is 12.7. The average Bonchev–Trinajstić information content (AvgIpc) is 3.38. The molecule has 0 amide bonds. The smallest absolute Gasteiger partial charge is 0.139 e. The van der Waals surface area contributed by atoms with Gasteiger partial charge < -0.3 is 14.5 Å². The number of carbonyl (C=O) groups is 1. The molecule has 31 heavy (non-hydrogen) atoms. The molecule has 0 radical (unpaired) electrons. The van der Waals surface area contributed by atoms with Gasteiger partial charge in [0.15, 0.2) is 0 Å². The molecule has 1 fully saturated rings. The van der Waals surface area contributed by atoms with Crippen molar-refractivity contribution in [3.63, 3.8) is 0 Å². The number of fused-ring (bicyclic) bond motifs is 1. The Labute approximate surface area is 192 Å². The van der Waals surface area contributed by atoms with E-state index in [2.05, 4.69) is 41.8 Å². The molecule has 1 aliphatic heterocycles. The fraction of sp³-hybridized carbons (Fsp3) is 0.542. The number of aldehydes is 1. The van der Waals surface area contributed by atoms with E-state index in [1.54, 1.807) is 11.8 Å². The van der Waals surface area contributed by atoms with Crippen LogP contribution in [0.4, 0.5) is 0 Å². The third-order valence-electron chi connectivity index (χ3n) is 6.18. The van der Waals surface area contributed by atoms with Crippen LogP contribution in [0.5, 0.6) is 0 Å². The highest BCUT2D eigenvalue weighted by atomic mass is 32.2. The van der Waals surface area contributed by atoms with Gasteiger partial charge in [-0.05, 0) is 74.3 Å². The number of carbonyl (C=O) groups excluding carboxylic acids is 1. The first-order valence-electron chi connectivity index (χ1n) is 10.9. The van der Waals surface area contributed by atoms with E-state index in [1.807, 2.05) is 12.1 Å². The summed E-state index contributed by atoms with van der Waals surface area (Å²) in [4.78, 5) is 14.6. The first kappa shape index (κ1) is 24.2. The summed E-state index contributed by atoms with van der Waals surface area (Å²) in [6.07, 6.45) is 6.52. The lowest BCUT2D eigenvalue weighted by Crippen LogP contribution is -2.23. The highest BCUT2D eigenvalue weighted by Gasteiger charge is 2.31. The number of aromatic nitrogens is 1. The van der Waals surface area contributed by atoms with Gasteiger partial charge in [-0.1, -0.05) is 25.6 Å². The molecule has 0 bridgehead atoms. The van der Waals surface area contributed by atoms with Gasteiger partial charge in [-0.3, -0.25) is 0 Å². The van der Waals surface area contributed by atoms with Crippen LogP contribution in [0.2, 0.25) is 0 Å². The molecule has 0 spiro atoms. The number of benzene rings is 1. The Morgan fingerprint density at radius 3 is 2.42 bits per heavy atom. The molecular formula is C24H34N2O3S2. The van der Waals surface area contributed by atoms with Crippen LogP contribution in [-0.2, 0) is 35.2 Å². The first-order valence-corrected chi connectivity index (χ1v) is 12.9. The first-order chi connectivity index (χ1) is 14.9. The van der Waals surface area contributed by atoms with Gasteiger partial charge in [0.1, 0.15) is 17.3 Å². The summed E-state index contributed by atoms with van der Waals surface area (Å²) in [7, 11) is -0.0477. The molecule has 1 N–H and O–H groups in total. The summed E-state index contributed by atoms with van der Waals surface area (Å²) in [5, 5.41) is 7.00. The summed E-state index contributed by atoms with van der Waals surface area (Å²) in [6.45, 7) is 9.08. The van der Waals surface area contributed by atoms with Gasteiger partial charge in [0.2, 0.25) is 0 Å². The summed E-state index contributed by atoms with van der Waals surface area (Å²) in [5.74, 6) is 0. The predicted molar refractivity (Wildman–Crippen MR) is 127 cm³/mol. The number of hydrogen-bond donors (Lipinski definition) is 1. The van der Waals surface area contributed by atoms with Crippen LogP contribution in [0.15, 0.2) is 39.0 Å². The monoisotopic (exact) mass is 462 g/mol. The molecule has 4 rings (SSSR count). The van der Waals surface area contributed by atoms with E-state index in [-0.39, 0.29) is 0 Å². The number of aliphatic hydroxyl groups excluding tert-OH is 1. The van der Waals surface area contributed by atoms with Crippen molar-refractivity contribution < 1.29 is 14.1 Å². The minimum absolute atomic E-state index is 0.290. The van der Waals surface area contributed by atoms with E-state index < -0.39 is 11.0 Å². The Hall–Kier alpha value is -1.41. The van der Waals surface area contributed by atoms with Gasteiger partial charge >= 0.3 is 0 Å². The Balaban J connectivity index is 0.00000132. The number of hydrogen-bond acceptors (Lipinski definition) is 4. The summed E-state index contributed by atoms with van der Waals surface area (Å²) in [6, 6.07) is 8.19. The maximum Gasteiger partial charge on any atom is 0.139 e. The van der Waals surface area contributed by atoms with E-state index in [0.717, 1.165) is 68.4 Å². The Morgan fingerprint density at radius 1 is 1.16 bits per heavy atom. The molecular weight excluding hydrogens is 428 g/mol. The predicted octanol–water partition coefficient (Wildman–Crippen LogP) is 4.39. The van der Waals surface area contributed by atoms with E-state index in [9.17, 15) is 9.00 Å². The van der Waals surface area contributed by atoms with Crippen molar-refractivity contribution >= 4 is 29.0 Å². The Morgan fingerprint density at radius 2 is 1.81 bits per heavy atom. The van der Waals surface area contributed by atoms with Crippen molar-refractivity contribution in [1.29, 1.82) is 0 Å². The molecule has 1 saturated heterocycles. The second-order valence-electron chi connectivity index (χ2n) is 8.92. The number of rotatable bonds is 6. The highest BCUT2D eigenvalue weighted by molar-refractivity contribution is 7.99. The van der Waals surface area contributed by atoms with Gasteiger partial charge in [-0.15, -0.1) is 0 Å². The van der Waals surface area contributed by atoms with Gasteiger partial charge in [-0.25, -0.2) is 8.51 Å². The van der Waals surface area contributed by atoms with Gasteiger partial charge in [0.25, 0.3) is 0 Å². The lowest BCUT2D eigenvalue weighted by Gasteiger charge is -2.30. The molecule has 170 valence electrons. The van der Waals surface area contributed by atoms with Crippen molar-refractivity contribution in [1.82, 2.24) is 8.87 Å². The topological polar surface area (TPSA) is 62.5 Å². The SMILES string of the molecule is CO.Cc1c(Sc2ccc(S(=O)N3CCCC3)cc2)c2c(n1CC=O)CCC(C)(C)C2. The van der Waals surface area contributed by atoms with Crippen LogP contribution in [0.3, 0.4) is 0 Å². The summed E-state index contributed by atoms with van der Waals surface area (Å²) < 4.78 is 17.0. The number of nitrogens with zero attached hydrogens (tertiary/aromatic N) is 2. The van der Waals surface area contributed by atoms with Crippen LogP contribution < -0.4 is 0 Å². The van der Waals surface area contributed by atoms with Gasteiger partial charge in [0, 0.05) is 41.4 Å². The molecule has 1 aromatic heterocycles. The zero-order valence-corrected chi connectivity index (χ0v) is 20.7. The minimum atomic E-state index is -1.05. The standard InChI is InChI=1S/C23H30N2O2S2.CH4O/c1-17-22(20-16-23(2,3)11-10-21(20)25(17)14-15-26)28-18-6-8-19(9-7-18)29(27)24-12-4-5-13-24;1-2/h6-9,15H,4-5,10-14,16H2,1-3H3;2H,1H3. The molecule has 0 saturated carbocycles. The fourth-order valence-electron chi connectivity index (χ4n) is 4.53. The second kappa shape index (κ2) is 10.5. The van der Waals surface area contributed by atoms with Crippen LogP contribution in [0.25, 0.3) is 0 Å². The third-order valence-corrected chi connectivity index (χ3v) is 8.94. The number of aliphatic hydroxyl groups is 1. The van der Waals surface area contributed by atoms with Crippen LogP contribution in [0.1, 0.15) is 50.1 Å². The molecule has 1 unspecified atom stereocenters. The molecule has 1 aliphatic carbocycles. The van der Waals surface area contributed by atoms with Gasteiger partial charge in [-0.2, -0.15) is 0 Å². The van der Waals surface area contributed by atoms with Crippen LogP contribution in [-0.4, -0.2) is 44.7 Å². The van der Waals surface area contributed by atoms with Crippen molar-refractivity contribution in [3.05, 3.63) is 41.2 Å². The second-order valence-corrected chi connectivity index (χ2v) is 11.5. The van der Waals surface area contributed by atoms with Crippen molar-refractivity contribution in [2.75, 3.05) is 20.2 Å². The Kier molecular flexibility index (Phi) is 8.19. The third kappa shape index (κ3) is 5.33. The molecule has 2 aliphatic rings. The quantitative estimate of drug-likeness (QED) is 0.647. The maximum absolute atomic E-state index is 12.7. The van der Waals surface area contributed by atoms with Crippen LogP contribution >= 0.6 is 11.8 Å². The van der Waals surface area contributed by atoms with Crippen molar-refractivity contribution in [3.8, 4) is 0 Å². The average molecular weight is 463 g/mol. The molecule has 2 heterocycles. The van der Waals surface area contributed by atoms with Crippen molar-refractivity contribution in [2.24, 2.45) is 5.41 Å². The van der Waals surface area contributed by atoms with E-state index in [1.165, 1.54) is 21.8 Å². The normalized spacial score (nSPS) is 18.7. The van der Waals surface area contributed by atoms with E-state index in [0.29, 0.717) is 12.0 Å². The fourth-order valence-corrected chi connectivity index (χ4v) is 6.87. The molecule has 2 aromatic rings. The lowest BCUT2D eigenvalue weighted by atomic mass is 9.76. The van der Waals surface area contributed by atoms with Gasteiger partial charge in [0.05, 0.1) is 11.4 Å². The highest BCUT2D eigenvalue weighted by Crippen LogP contribution is 2.44. The molecule has 5 nitrogen and oxygen atoms in total. The van der Waals surface area contributed by atoms with E-state index >= 15 is 0 Å². The molecule has 1 atom stereocenters. The zero-order chi connectivity index (χ0) is 22.6. The summed E-state index contributed by atoms with van der Waals surface area (Å²) >= 11 is 1.78. The summed E-state index contributed by atoms with van der Waals surface area (Å²) in [5.41, 5.74) is 4.23. The minimum Gasteiger partial charge on any atom is -0.400 e. The molecule has 7 heteroatoms. The van der Waals surface area contributed by atoms with E-state index in [4.69, 9.17) is 5.11 Å². The van der Waals surface area contributed by atoms with Crippen molar-refractivity contribution in [2.45, 2.75) is 74.1 Å². The lowest BCUT2D eigenvalue weighted by molar-refractivity contribution is -0.108.